The van der Waals surface area contributed by atoms with E-state index >= 15 is 0 Å². The first-order valence-corrected chi connectivity index (χ1v) is 6.07. The van der Waals surface area contributed by atoms with E-state index in [-0.39, 0.29) is 17.9 Å². The fourth-order valence-corrected chi connectivity index (χ4v) is 1.48. The van der Waals surface area contributed by atoms with E-state index < -0.39 is 0 Å². The average molecular weight is 250 g/mol. The summed E-state index contributed by atoms with van der Waals surface area (Å²) in [4.78, 5) is 11.0. The number of nitrogens with one attached hydrogen (secondary N) is 2. The number of hydrogen-bond acceptors (Lipinski definition) is 3. The van der Waals surface area contributed by atoms with Gasteiger partial charge in [-0.1, -0.05) is 19.9 Å². The van der Waals surface area contributed by atoms with E-state index in [0.29, 0.717) is 6.54 Å². The fourth-order valence-electron chi connectivity index (χ4n) is 1.48. The molecule has 1 rings (SSSR count). The Morgan fingerprint density at radius 3 is 2.61 bits per heavy atom. The molecule has 0 bridgehead atoms. The molecule has 0 aliphatic carbocycles. The van der Waals surface area contributed by atoms with Crippen molar-refractivity contribution in [2.24, 2.45) is 5.41 Å². The summed E-state index contributed by atoms with van der Waals surface area (Å²) in [6.45, 7) is 8.28. The molecule has 1 aromatic carbocycles. The SMILES string of the molecule is CC(=O)Nc1ccc(C)c(NCC(C)(C)CO)c1. The monoisotopic (exact) mass is 250 g/mol. The molecule has 1 aromatic rings. The van der Waals surface area contributed by atoms with Crippen LogP contribution in [0.5, 0.6) is 0 Å². The summed E-state index contributed by atoms with van der Waals surface area (Å²) >= 11 is 0. The number of amides is 1. The number of benzene rings is 1. The predicted molar refractivity (Wildman–Crippen MR) is 74.8 cm³/mol. The molecular formula is C14H22N2O2. The third-order valence-electron chi connectivity index (χ3n) is 2.74. The summed E-state index contributed by atoms with van der Waals surface area (Å²) in [5, 5.41) is 15.3. The second kappa shape index (κ2) is 5.87. The van der Waals surface area contributed by atoms with Gasteiger partial charge in [0.15, 0.2) is 0 Å². The molecule has 4 heteroatoms. The molecule has 1 amide bonds. The molecule has 18 heavy (non-hydrogen) atoms. The zero-order valence-corrected chi connectivity index (χ0v) is 11.5. The van der Waals surface area contributed by atoms with E-state index in [4.69, 9.17) is 0 Å². The van der Waals surface area contributed by atoms with Crippen LogP contribution >= 0.6 is 0 Å². The van der Waals surface area contributed by atoms with Gasteiger partial charge in [-0.25, -0.2) is 0 Å². The lowest BCUT2D eigenvalue weighted by Crippen LogP contribution is -2.27. The van der Waals surface area contributed by atoms with Crippen LogP contribution in [-0.4, -0.2) is 24.2 Å². The van der Waals surface area contributed by atoms with Gasteiger partial charge in [-0.05, 0) is 24.6 Å². The van der Waals surface area contributed by atoms with Gasteiger partial charge in [0.05, 0.1) is 0 Å². The maximum atomic E-state index is 11.0. The van der Waals surface area contributed by atoms with Crippen LogP contribution in [0.1, 0.15) is 26.3 Å². The summed E-state index contributed by atoms with van der Waals surface area (Å²) < 4.78 is 0. The average Bonchev–Trinajstić information content (AvgIpc) is 2.29. The van der Waals surface area contributed by atoms with Crippen LogP contribution in [0, 0.1) is 12.3 Å². The molecule has 0 unspecified atom stereocenters. The number of carbonyl (C=O) groups excluding carboxylic acids is 1. The number of hydrogen-bond donors (Lipinski definition) is 3. The Bertz CT molecular complexity index is 428. The number of aryl methyl sites for hydroxylation is 1. The molecule has 0 aromatic heterocycles. The predicted octanol–water partition coefficient (Wildman–Crippen LogP) is 2.38. The Labute approximate surface area is 108 Å². The fraction of sp³-hybridized carbons (Fsp3) is 0.500. The first kappa shape index (κ1) is 14.5. The second-order valence-corrected chi connectivity index (χ2v) is 5.39. The Morgan fingerprint density at radius 1 is 1.39 bits per heavy atom. The van der Waals surface area contributed by atoms with Gasteiger partial charge in [0.25, 0.3) is 0 Å². The van der Waals surface area contributed by atoms with Gasteiger partial charge in [0.1, 0.15) is 0 Å². The molecule has 0 aliphatic heterocycles. The largest absolute Gasteiger partial charge is 0.396 e. The molecule has 0 radical (unpaired) electrons. The smallest absolute Gasteiger partial charge is 0.221 e. The maximum Gasteiger partial charge on any atom is 0.221 e. The number of aliphatic hydroxyl groups is 1. The third kappa shape index (κ3) is 4.37. The highest BCUT2D eigenvalue weighted by molar-refractivity contribution is 5.89. The Hall–Kier alpha value is -1.55. The summed E-state index contributed by atoms with van der Waals surface area (Å²) in [5.74, 6) is -0.0829. The van der Waals surface area contributed by atoms with Crippen molar-refractivity contribution in [3.63, 3.8) is 0 Å². The Kier molecular flexibility index (Phi) is 4.73. The minimum absolute atomic E-state index is 0.0829. The first-order chi connectivity index (χ1) is 8.34. The summed E-state index contributed by atoms with van der Waals surface area (Å²) in [5.41, 5.74) is 2.69. The number of anilines is 2. The Balaban J connectivity index is 2.78. The van der Waals surface area contributed by atoms with Gasteiger partial charge < -0.3 is 15.7 Å². The van der Waals surface area contributed by atoms with Crippen molar-refractivity contribution in [1.82, 2.24) is 0 Å². The zero-order valence-electron chi connectivity index (χ0n) is 11.5. The molecule has 0 saturated heterocycles. The van der Waals surface area contributed by atoms with Crippen molar-refractivity contribution in [3.05, 3.63) is 23.8 Å². The molecule has 0 fully saturated rings. The van der Waals surface area contributed by atoms with Crippen molar-refractivity contribution < 1.29 is 9.90 Å². The van der Waals surface area contributed by atoms with Crippen LogP contribution < -0.4 is 10.6 Å². The van der Waals surface area contributed by atoms with Gasteiger partial charge in [-0.2, -0.15) is 0 Å². The van der Waals surface area contributed by atoms with Gasteiger partial charge >= 0.3 is 0 Å². The van der Waals surface area contributed by atoms with Crippen LogP contribution in [-0.2, 0) is 4.79 Å². The second-order valence-electron chi connectivity index (χ2n) is 5.39. The molecule has 100 valence electrons. The molecule has 0 heterocycles. The van der Waals surface area contributed by atoms with E-state index in [1.807, 2.05) is 39.0 Å². The van der Waals surface area contributed by atoms with Gasteiger partial charge in [-0.3, -0.25) is 4.79 Å². The van der Waals surface area contributed by atoms with Crippen LogP contribution in [0.25, 0.3) is 0 Å². The van der Waals surface area contributed by atoms with E-state index in [1.54, 1.807) is 0 Å². The molecule has 0 aliphatic rings. The molecule has 0 spiro atoms. The lowest BCUT2D eigenvalue weighted by atomic mass is 9.95. The van der Waals surface area contributed by atoms with Crippen molar-refractivity contribution in [1.29, 1.82) is 0 Å². The third-order valence-corrected chi connectivity index (χ3v) is 2.74. The van der Waals surface area contributed by atoms with E-state index in [9.17, 15) is 9.90 Å². The molecule has 0 saturated carbocycles. The number of rotatable bonds is 5. The minimum Gasteiger partial charge on any atom is -0.396 e. The van der Waals surface area contributed by atoms with Gasteiger partial charge in [0, 0.05) is 36.9 Å². The molecular weight excluding hydrogens is 228 g/mol. The highest BCUT2D eigenvalue weighted by Gasteiger charge is 2.16. The van der Waals surface area contributed by atoms with Crippen LogP contribution in [0.3, 0.4) is 0 Å². The zero-order chi connectivity index (χ0) is 13.8. The topological polar surface area (TPSA) is 61.4 Å². The molecule has 0 atom stereocenters. The highest BCUT2D eigenvalue weighted by atomic mass is 16.3. The number of carbonyl (C=O) groups is 1. The quantitative estimate of drug-likeness (QED) is 0.752. The summed E-state index contributed by atoms with van der Waals surface area (Å²) in [7, 11) is 0. The lowest BCUT2D eigenvalue weighted by Gasteiger charge is -2.23. The van der Waals surface area contributed by atoms with Crippen LogP contribution in [0.4, 0.5) is 11.4 Å². The Morgan fingerprint density at radius 2 is 2.06 bits per heavy atom. The maximum absolute atomic E-state index is 11.0. The normalized spacial score (nSPS) is 11.2. The van der Waals surface area contributed by atoms with E-state index in [2.05, 4.69) is 10.6 Å². The van der Waals surface area contributed by atoms with E-state index in [1.165, 1.54) is 6.92 Å². The summed E-state index contributed by atoms with van der Waals surface area (Å²) in [6, 6.07) is 5.74. The van der Waals surface area contributed by atoms with Crippen molar-refractivity contribution in [2.75, 3.05) is 23.8 Å². The van der Waals surface area contributed by atoms with E-state index in [0.717, 1.165) is 16.9 Å². The van der Waals surface area contributed by atoms with Crippen LogP contribution in [0.15, 0.2) is 18.2 Å². The number of aliphatic hydroxyl groups excluding tert-OH is 1. The van der Waals surface area contributed by atoms with Crippen molar-refractivity contribution in [3.8, 4) is 0 Å². The first-order valence-electron chi connectivity index (χ1n) is 6.07. The molecule has 3 N–H and O–H groups in total. The molecule has 4 nitrogen and oxygen atoms in total. The van der Waals surface area contributed by atoms with Gasteiger partial charge in [0.2, 0.25) is 5.91 Å². The standard InChI is InChI=1S/C14H22N2O2/c1-10-5-6-12(16-11(2)18)7-13(10)15-8-14(3,4)9-17/h5-7,15,17H,8-9H2,1-4H3,(H,16,18). The summed E-state index contributed by atoms with van der Waals surface area (Å²) in [6.07, 6.45) is 0. The minimum atomic E-state index is -0.170. The van der Waals surface area contributed by atoms with Gasteiger partial charge in [-0.15, -0.1) is 0 Å². The lowest BCUT2D eigenvalue weighted by molar-refractivity contribution is -0.114. The van der Waals surface area contributed by atoms with Crippen molar-refractivity contribution >= 4 is 17.3 Å². The van der Waals surface area contributed by atoms with Crippen LogP contribution in [0.2, 0.25) is 0 Å². The highest BCUT2D eigenvalue weighted by Crippen LogP contribution is 2.22. The van der Waals surface area contributed by atoms with Crippen molar-refractivity contribution in [2.45, 2.75) is 27.7 Å².